The molecule has 0 spiro atoms. The number of fused-ring (bicyclic) bond motifs is 1. The topological polar surface area (TPSA) is 87.3 Å². The number of carbonyl (C=O) groups excluding carboxylic acids is 2. The standard InChI is InChI=1S/C20H24N2O4S/c1-12-18-16(6-5-7-17(18)23)21-19(12)20(24)22(3)13(2)14-8-10-15(11-9-14)27(4,25)26/h8-11,13,21H,5-7H2,1-4H3. The van der Waals surface area contributed by atoms with Crippen molar-refractivity contribution < 1.29 is 18.0 Å². The van der Waals surface area contributed by atoms with Crippen molar-refractivity contribution >= 4 is 21.5 Å². The van der Waals surface area contributed by atoms with Gasteiger partial charge in [0, 0.05) is 31.0 Å². The number of amides is 1. The first-order chi connectivity index (χ1) is 12.6. The Morgan fingerprint density at radius 3 is 2.37 bits per heavy atom. The van der Waals surface area contributed by atoms with Gasteiger partial charge < -0.3 is 9.88 Å². The smallest absolute Gasteiger partial charge is 0.270 e. The van der Waals surface area contributed by atoms with Crippen molar-refractivity contribution in [1.82, 2.24) is 9.88 Å². The van der Waals surface area contributed by atoms with E-state index < -0.39 is 9.84 Å². The van der Waals surface area contributed by atoms with Crippen LogP contribution in [0, 0.1) is 6.92 Å². The molecule has 6 nitrogen and oxygen atoms in total. The zero-order valence-corrected chi connectivity index (χ0v) is 16.8. The van der Waals surface area contributed by atoms with Crippen molar-refractivity contribution in [2.24, 2.45) is 0 Å². The predicted octanol–water partition coefficient (Wildman–Crippen LogP) is 3.08. The Morgan fingerprint density at radius 1 is 1.19 bits per heavy atom. The van der Waals surface area contributed by atoms with E-state index in [9.17, 15) is 18.0 Å². The van der Waals surface area contributed by atoms with Crippen LogP contribution in [0.3, 0.4) is 0 Å². The van der Waals surface area contributed by atoms with Crippen molar-refractivity contribution in [2.45, 2.75) is 44.0 Å². The summed E-state index contributed by atoms with van der Waals surface area (Å²) in [5.41, 5.74) is 3.53. The van der Waals surface area contributed by atoms with Gasteiger partial charge in [-0.15, -0.1) is 0 Å². The van der Waals surface area contributed by atoms with Gasteiger partial charge in [-0.3, -0.25) is 9.59 Å². The van der Waals surface area contributed by atoms with E-state index >= 15 is 0 Å². The molecule has 1 aromatic heterocycles. The third-order valence-corrected chi connectivity index (χ3v) is 6.47. The van der Waals surface area contributed by atoms with E-state index in [2.05, 4.69) is 4.98 Å². The number of carbonyl (C=O) groups is 2. The highest BCUT2D eigenvalue weighted by Crippen LogP contribution is 2.29. The second kappa shape index (κ2) is 6.96. The molecule has 7 heteroatoms. The van der Waals surface area contributed by atoms with Crippen LogP contribution in [0.15, 0.2) is 29.2 Å². The number of H-pyrrole nitrogens is 1. The number of nitrogens with zero attached hydrogens (tertiary/aromatic N) is 1. The number of ketones is 1. The van der Waals surface area contributed by atoms with E-state index in [0.717, 1.165) is 30.4 Å². The lowest BCUT2D eigenvalue weighted by atomic mass is 9.93. The third-order valence-electron chi connectivity index (χ3n) is 5.34. The molecule has 1 atom stereocenters. The molecule has 0 bridgehead atoms. The lowest BCUT2D eigenvalue weighted by Gasteiger charge is -2.25. The number of hydrogen-bond acceptors (Lipinski definition) is 4. The molecule has 3 rings (SSSR count). The summed E-state index contributed by atoms with van der Waals surface area (Å²) in [6.45, 7) is 3.70. The zero-order chi connectivity index (χ0) is 19.9. The first kappa shape index (κ1) is 19.4. The fourth-order valence-electron chi connectivity index (χ4n) is 3.56. The van der Waals surface area contributed by atoms with Crippen LogP contribution in [-0.2, 0) is 16.3 Å². The second-order valence-electron chi connectivity index (χ2n) is 7.19. The van der Waals surface area contributed by atoms with E-state index in [1.165, 1.54) is 0 Å². The molecule has 1 aliphatic carbocycles. The highest BCUT2D eigenvalue weighted by molar-refractivity contribution is 7.90. The maximum absolute atomic E-state index is 13.0. The monoisotopic (exact) mass is 388 g/mol. The number of benzene rings is 1. The highest BCUT2D eigenvalue weighted by Gasteiger charge is 2.29. The lowest BCUT2D eigenvalue weighted by molar-refractivity contribution is 0.0736. The van der Waals surface area contributed by atoms with Gasteiger partial charge in [-0.2, -0.15) is 0 Å². The number of rotatable bonds is 4. The van der Waals surface area contributed by atoms with Crippen molar-refractivity contribution in [1.29, 1.82) is 0 Å². The molecule has 0 saturated carbocycles. The number of aryl methyl sites for hydroxylation is 1. The Labute approximate surface area is 159 Å². The Morgan fingerprint density at radius 2 is 1.81 bits per heavy atom. The molecule has 1 unspecified atom stereocenters. The van der Waals surface area contributed by atoms with Crippen LogP contribution in [0.1, 0.15) is 63.5 Å². The normalized spacial score (nSPS) is 15.3. The van der Waals surface area contributed by atoms with Crippen LogP contribution in [-0.4, -0.2) is 43.3 Å². The molecule has 1 amide bonds. The van der Waals surface area contributed by atoms with Crippen LogP contribution in [0.4, 0.5) is 0 Å². The number of aromatic nitrogens is 1. The number of Topliss-reactive ketones (excluding diaryl/α,β-unsaturated/α-hetero) is 1. The van der Waals surface area contributed by atoms with E-state index in [1.807, 2.05) is 13.8 Å². The summed E-state index contributed by atoms with van der Waals surface area (Å²) >= 11 is 0. The fraction of sp³-hybridized carbons (Fsp3) is 0.400. The summed E-state index contributed by atoms with van der Waals surface area (Å²) in [4.78, 5) is 30.2. The minimum atomic E-state index is -3.26. The van der Waals surface area contributed by atoms with Crippen LogP contribution < -0.4 is 0 Å². The molecular weight excluding hydrogens is 364 g/mol. The van der Waals surface area contributed by atoms with Crippen molar-refractivity contribution in [3.05, 3.63) is 52.3 Å². The van der Waals surface area contributed by atoms with Crippen LogP contribution in [0.25, 0.3) is 0 Å². The molecule has 1 heterocycles. The van der Waals surface area contributed by atoms with E-state index in [4.69, 9.17) is 0 Å². The lowest BCUT2D eigenvalue weighted by Crippen LogP contribution is -2.30. The van der Waals surface area contributed by atoms with Crippen LogP contribution in [0.5, 0.6) is 0 Å². The summed E-state index contributed by atoms with van der Waals surface area (Å²) in [5, 5.41) is 0. The summed E-state index contributed by atoms with van der Waals surface area (Å²) in [7, 11) is -1.55. The second-order valence-corrected chi connectivity index (χ2v) is 9.20. The van der Waals surface area contributed by atoms with Gasteiger partial charge in [0.15, 0.2) is 15.6 Å². The number of nitrogens with one attached hydrogen (secondary N) is 1. The summed E-state index contributed by atoms with van der Waals surface area (Å²) in [6, 6.07) is 6.30. The average molecular weight is 388 g/mol. The quantitative estimate of drug-likeness (QED) is 0.872. The van der Waals surface area contributed by atoms with Gasteiger partial charge in [-0.25, -0.2) is 8.42 Å². The molecular formula is C20H24N2O4S. The Hall–Kier alpha value is -2.41. The number of hydrogen-bond donors (Lipinski definition) is 1. The molecule has 1 aliphatic rings. The van der Waals surface area contributed by atoms with Gasteiger partial charge in [0.2, 0.25) is 0 Å². The molecule has 144 valence electrons. The predicted molar refractivity (Wildman–Crippen MR) is 103 cm³/mol. The molecule has 0 radical (unpaired) electrons. The summed E-state index contributed by atoms with van der Waals surface area (Å²) < 4.78 is 23.2. The van der Waals surface area contributed by atoms with Crippen molar-refractivity contribution in [2.75, 3.05) is 13.3 Å². The molecule has 1 N–H and O–H groups in total. The molecule has 0 saturated heterocycles. The first-order valence-electron chi connectivity index (χ1n) is 8.93. The third kappa shape index (κ3) is 3.56. The number of aromatic amines is 1. The molecule has 27 heavy (non-hydrogen) atoms. The molecule has 1 aromatic carbocycles. The largest absolute Gasteiger partial charge is 0.354 e. The Balaban J connectivity index is 1.86. The van der Waals surface area contributed by atoms with Gasteiger partial charge in [0.25, 0.3) is 5.91 Å². The van der Waals surface area contributed by atoms with Crippen molar-refractivity contribution in [3.63, 3.8) is 0 Å². The van der Waals surface area contributed by atoms with Gasteiger partial charge >= 0.3 is 0 Å². The highest BCUT2D eigenvalue weighted by atomic mass is 32.2. The maximum Gasteiger partial charge on any atom is 0.270 e. The minimum absolute atomic E-state index is 0.0936. The van der Waals surface area contributed by atoms with Gasteiger partial charge in [-0.05, 0) is 49.9 Å². The van der Waals surface area contributed by atoms with Crippen LogP contribution in [0.2, 0.25) is 0 Å². The molecule has 0 fully saturated rings. The maximum atomic E-state index is 13.0. The number of sulfone groups is 1. The fourth-order valence-corrected chi connectivity index (χ4v) is 4.19. The SMILES string of the molecule is Cc1c(C(=O)N(C)C(C)c2ccc(S(C)(=O)=O)cc2)[nH]c2c1C(=O)CCC2. The van der Waals surface area contributed by atoms with Gasteiger partial charge in [0.1, 0.15) is 5.69 Å². The summed E-state index contributed by atoms with van der Waals surface area (Å²) in [6.07, 6.45) is 3.27. The van der Waals surface area contributed by atoms with Crippen LogP contribution >= 0.6 is 0 Å². The van der Waals surface area contributed by atoms with E-state index in [1.54, 1.807) is 36.2 Å². The van der Waals surface area contributed by atoms with E-state index in [0.29, 0.717) is 23.2 Å². The molecule has 2 aromatic rings. The van der Waals surface area contributed by atoms with E-state index in [-0.39, 0.29) is 22.6 Å². The summed E-state index contributed by atoms with van der Waals surface area (Å²) in [5.74, 6) is -0.0921. The van der Waals surface area contributed by atoms with Gasteiger partial charge in [0.05, 0.1) is 10.9 Å². The average Bonchev–Trinajstić information content (AvgIpc) is 2.97. The van der Waals surface area contributed by atoms with Crippen molar-refractivity contribution in [3.8, 4) is 0 Å². The van der Waals surface area contributed by atoms with Gasteiger partial charge in [-0.1, -0.05) is 12.1 Å². The Kier molecular flexibility index (Phi) is 4.99. The molecule has 0 aliphatic heterocycles. The zero-order valence-electron chi connectivity index (χ0n) is 16.0. The minimum Gasteiger partial charge on any atom is -0.354 e. The first-order valence-corrected chi connectivity index (χ1v) is 10.8. The Bertz CT molecular complexity index is 1000.